The largest absolute Gasteiger partial charge is 0.480 e. The Balaban J connectivity index is 3.19. The Morgan fingerprint density at radius 2 is 1.95 bits per heavy atom. The number of nitrogens with one attached hydrogen (secondary N) is 1. The van der Waals surface area contributed by atoms with Gasteiger partial charge in [0.05, 0.1) is 11.1 Å². The lowest BCUT2D eigenvalue weighted by molar-refractivity contribution is -0.138. The van der Waals surface area contributed by atoms with E-state index in [-0.39, 0.29) is 5.69 Å². The average Bonchev–Trinajstić information content (AvgIpc) is 2.27. The van der Waals surface area contributed by atoms with Gasteiger partial charge in [0.25, 0.3) is 0 Å². The van der Waals surface area contributed by atoms with E-state index in [0.717, 1.165) is 12.1 Å². The van der Waals surface area contributed by atoms with Crippen molar-refractivity contribution in [2.75, 3.05) is 5.32 Å². The monoisotopic (exact) mass is 276 g/mol. The molecule has 0 aliphatic heterocycles. The highest BCUT2D eigenvalue weighted by atomic mass is 19.4. The van der Waals surface area contributed by atoms with Crippen molar-refractivity contribution in [1.29, 1.82) is 0 Å². The minimum Gasteiger partial charge on any atom is -0.480 e. The Labute approximate surface area is 106 Å². The first-order valence-electron chi connectivity index (χ1n) is 5.13. The number of carboxylic acids is 1. The van der Waals surface area contributed by atoms with Gasteiger partial charge < -0.3 is 16.2 Å². The predicted octanol–water partition coefficient (Wildman–Crippen LogP) is 1.69. The Bertz CT molecular complexity index is 514. The average molecular weight is 276 g/mol. The fraction of sp³-hybridized carbons (Fsp3) is 0.273. The van der Waals surface area contributed by atoms with E-state index in [1.54, 1.807) is 0 Å². The van der Waals surface area contributed by atoms with E-state index >= 15 is 0 Å². The number of amides is 1. The molecular weight excluding hydrogens is 265 g/mol. The van der Waals surface area contributed by atoms with Gasteiger partial charge in [0.2, 0.25) is 5.91 Å². The van der Waals surface area contributed by atoms with Crippen molar-refractivity contribution in [1.82, 2.24) is 0 Å². The number of primary amides is 1. The number of rotatable bonds is 4. The molecule has 0 fully saturated rings. The molecule has 0 aliphatic carbocycles. The molecule has 1 rings (SSSR count). The molecule has 1 aromatic carbocycles. The molecular formula is C11H11F3N2O3. The lowest BCUT2D eigenvalue weighted by Gasteiger charge is -2.15. The summed E-state index contributed by atoms with van der Waals surface area (Å²) in [7, 11) is 0. The second-order valence-corrected chi connectivity index (χ2v) is 3.83. The molecule has 4 N–H and O–H groups in total. The van der Waals surface area contributed by atoms with Gasteiger partial charge in [0, 0.05) is 5.69 Å². The van der Waals surface area contributed by atoms with Gasteiger partial charge in [-0.15, -0.1) is 0 Å². The van der Waals surface area contributed by atoms with Crippen molar-refractivity contribution in [3.8, 4) is 0 Å². The number of benzene rings is 1. The molecule has 1 atom stereocenters. The minimum atomic E-state index is -4.76. The highest BCUT2D eigenvalue weighted by Gasteiger charge is 2.35. The number of hydrogen-bond donors (Lipinski definition) is 3. The van der Waals surface area contributed by atoms with Gasteiger partial charge in [-0.3, -0.25) is 9.59 Å². The number of carbonyl (C=O) groups is 2. The van der Waals surface area contributed by atoms with Crippen LogP contribution in [-0.2, 0) is 11.0 Å². The lowest BCUT2D eigenvalue weighted by atomic mass is 10.1. The van der Waals surface area contributed by atoms with Gasteiger partial charge in [-0.25, -0.2) is 0 Å². The minimum absolute atomic E-state index is 0.0628. The Hall–Kier alpha value is -2.25. The second-order valence-electron chi connectivity index (χ2n) is 3.83. The molecule has 0 bridgehead atoms. The first-order chi connectivity index (χ1) is 8.62. The van der Waals surface area contributed by atoms with Gasteiger partial charge in [0.15, 0.2) is 0 Å². The molecule has 1 aromatic rings. The summed E-state index contributed by atoms with van der Waals surface area (Å²) in [4.78, 5) is 21.5. The molecule has 5 nitrogen and oxygen atoms in total. The van der Waals surface area contributed by atoms with Gasteiger partial charge >= 0.3 is 12.1 Å². The first-order valence-corrected chi connectivity index (χ1v) is 5.13. The summed E-state index contributed by atoms with van der Waals surface area (Å²) in [5.74, 6) is -2.42. The number of nitrogens with two attached hydrogens (primary N) is 1. The molecule has 0 aromatic heterocycles. The number of carboxylic acid groups (broad SMARTS) is 1. The molecule has 0 heterocycles. The number of alkyl halides is 3. The summed E-state index contributed by atoms with van der Waals surface area (Å²) in [6.45, 7) is 1.28. The van der Waals surface area contributed by atoms with Crippen LogP contribution in [0.3, 0.4) is 0 Å². The molecule has 1 amide bonds. The summed E-state index contributed by atoms with van der Waals surface area (Å²) in [6, 6.07) is 1.65. The molecule has 19 heavy (non-hydrogen) atoms. The maximum Gasteiger partial charge on any atom is 0.417 e. The highest BCUT2D eigenvalue weighted by Crippen LogP contribution is 2.33. The van der Waals surface area contributed by atoms with Crippen LogP contribution in [0.5, 0.6) is 0 Å². The molecule has 0 radical (unpaired) electrons. The van der Waals surface area contributed by atoms with E-state index in [0.29, 0.717) is 6.07 Å². The van der Waals surface area contributed by atoms with Crippen LogP contribution < -0.4 is 11.1 Å². The van der Waals surface area contributed by atoms with Crippen molar-refractivity contribution in [2.24, 2.45) is 5.73 Å². The molecule has 8 heteroatoms. The van der Waals surface area contributed by atoms with Crippen LogP contribution in [0.15, 0.2) is 18.2 Å². The van der Waals surface area contributed by atoms with E-state index in [9.17, 15) is 22.8 Å². The summed E-state index contributed by atoms with van der Waals surface area (Å²) >= 11 is 0. The SMILES string of the molecule is CC(Nc1ccc(C(N)=O)c(C(F)(F)F)c1)C(=O)O. The molecule has 0 saturated carbocycles. The van der Waals surface area contributed by atoms with Crippen LogP contribution in [-0.4, -0.2) is 23.0 Å². The Morgan fingerprint density at radius 3 is 2.37 bits per heavy atom. The number of hydrogen-bond acceptors (Lipinski definition) is 3. The quantitative estimate of drug-likeness (QED) is 0.780. The number of carbonyl (C=O) groups excluding carboxylic acids is 1. The van der Waals surface area contributed by atoms with E-state index < -0.39 is 35.2 Å². The van der Waals surface area contributed by atoms with Gasteiger partial charge in [-0.1, -0.05) is 0 Å². The summed E-state index contributed by atoms with van der Waals surface area (Å²) in [5, 5.41) is 11.0. The van der Waals surface area contributed by atoms with E-state index in [1.165, 1.54) is 6.92 Å². The zero-order valence-corrected chi connectivity index (χ0v) is 9.78. The fourth-order valence-corrected chi connectivity index (χ4v) is 1.40. The van der Waals surface area contributed by atoms with Crippen LogP contribution in [0.4, 0.5) is 18.9 Å². The fourth-order valence-electron chi connectivity index (χ4n) is 1.40. The van der Waals surface area contributed by atoms with Crippen molar-refractivity contribution in [3.63, 3.8) is 0 Å². The van der Waals surface area contributed by atoms with Gasteiger partial charge in [0.1, 0.15) is 6.04 Å². The van der Waals surface area contributed by atoms with Crippen molar-refractivity contribution >= 4 is 17.6 Å². The van der Waals surface area contributed by atoms with E-state index in [4.69, 9.17) is 10.8 Å². The van der Waals surface area contributed by atoms with Crippen LogP contribution >= 0.6 is 0 Å². The third kappa shape index (κ3) is 3.60. The second kappa shape index (κ2) is 5.17. The molecule has 1 unspecified atom stereocenters. The van der Waals surface area contributed by atoms with Crippen molar-refractivity contribution in [2.45, 2.75) is 19.1 Å². The van der Waals surface area contributed by atoms with Crippen LogP contribution in [0.2, 0.25) is 0 Å². The molecule has 0 spiro atoms. The smallest absolute Gasteiger partial charge is 0.417 e. The lowest BCUT2D eigenvalue weighted by Crippen LogP contribution is -2.26. The van der Waals surface area contributed by atoms with Crippen LogP contribution in [0.1, 0.15) is 22.8 Å². The van der Waals surface area contributed by atoms with Crippen LogP contribution in [0, 0.1) is 0 Å². The standard InChI is InChI=1S/C11H11F3N2O3/c1-5(10(18)19)16-6-2-3-7(9(15)17)8(4-6)11(12,13)14/h2-5,16H,1H3,(H2,15,17)(H,18,19). The maximum absolute atomic E-state index is 12.7. The first kappa shape index (κ1) is 14.8. The van der Waals surface area contributed by atoms with E-state index in [2.05, 4.69) is 5.32 Å². The summed E-state index contributed by atoms with van der Waals surface area (Å²) < 4.78 is 38.2. The third-order valence-corrected chi connectivity index (χ3v) is 2.34. The van der Waals surface area contributed by atoms with E-state index in [1.807, 2.05) is 0 Å². The zero-order chi connectivity index (χ0) is 14.8. The van der Waals surface area contributed by atoms with Crippen molar-refractivity contribution < 1.29 is 27.9 Å². The zero-order valence-electron chi connectivity index (χ0n) is 9.78. The summed E-state index contributed by atoms with van der Waals surface area (Å²) in [5.41, 5.74) is 2.92. The van der Waals surface area contributed by atoms with Gasteiger partial charge in [-0.05, 0) is 25.1 Å². The number of aliphatic carboxylic acids is 1. The maximum atomic E-state index is 12.7. The normalized spacial score (nSPS) is 12.8. The Kier molecular flexibility index (Phi) is 4.03. The summed E-state index contributed by atoms with van der Waals surface area (Å²) in [6.07, 6.45) is -4.76. The highest BCUT2D eigenvalue weighted by molar-refractivity contribution is 5.95. The number of anilines is 1. The van der Waals surface area contributed by atoms with Crippen molar-refractivity contribution in [3.05, 3.63) is 29.3 Å². The topological polar surface area (TPSA) is 92.4 Å². The number of halogens is 3. The Morgan fingerprint density at radius 1 is 1.37 bits per heavy atom. The third-order valence-electron chi connectivity index (χ3n) is 2.34. The molecule has 0 saturated heterocycles. The van der Waals surface area contributed by atoms with Crippen LogP contribution in [0.25, 0.3) is 0 Å². The predicted molar refractivity (Wildman–Crippen MR) is 60.7 cm³/mol. The molecule has 0 aliphatic rings. The van der Waals surface area contributed by atoms with Gasteiger partial charge in [-0.2, -0.15) is 13.2 Å². The molecule has 104 valence electrons.